The molecule has 0 aliphatic carbocycles. The Morgan fingerprint density at radius 1 is 1.04 bits per heavy atom. The molecule has 130 valence electrons. The minimum atomic E-state index is -0.832. The highest BCUT2D eigenvalue weighted by Crippen LogP contribution is 2.03. The number of carbonyl (C=O) groups is 4. The number of amides is 3. The average molecular weight is 334 g/mol. The van der Waals surface area contributed by atoms with E-state index in [1.807, 2.05) is 30.3 Å². The van der Waals surface area contributed by atoms with Crippen molar-refractivity contribution < 1.29 is 19.2 Å². The Balaban J connectivity index is 2.63. The Labute approximate surface area is 140 Å². The van der Waals surface area contributed by atoms with Gasteiger partial charge in [0.05, 0.1) is 19.6 Å². The molecular formula is C16H22N4O4. The number of hydrogen-bond acceptors (Lipinski definition) is 5. The van der Waals surface area contributed by atoms with Crippen LogP contribution in [0, 0.1) is 0 Å². The average Bonchev–Trinajstić information content (AvgIpc) is 2.58. The van der Waals surface area contributed by atoms with Crippen molar-refractivity contribution in [3.63, 3.8) is 0 Å². The zero-order chi connectivity index (χ0) is 17.8. The highest BCUT2D eigenvalue weighted by molar-refractivity contribution is 5.91. The molecule has 1 atom stereocenters. The maximum Gasteiger partial charge on any atom is 0.243 e. The second-order valence-electron chi connectivity index (χ2n) is 5.03. The minimum absolute atomic E-state index is 0.0978. The van der Waals surface area contributed by atoms with Crippen LogP contribution in [-0.4, -0.2) is 56.7 Å². The van der Waals surface area contributed by atoms with E-state index in [4.69, 9.17) is 0 Å². The van der Waals surface area contributed by atoms with Gasteiger partial charge in [0.2, 0.25) is 17.7 Å². The van der Waals surface area contributed by atoms with Crippen molar-refractivity contribution in [1.82, 2.24) is 21.3 Å². The van der Waals surface area contributed by atoms with E-state index < -0.39 is 17.9 Å². The number of carbonyl (C=O) groups excluding carboxylic acids is 4. The van der Waals surface area contributed by atoms with E-state index >= 15 is 0 Å². The molecule has 1 aromatic carbocycles. The van der Waals surface area contributed by atoms with Crippen LogP contribution in [0.3, 0.4) is 0 Å². The third-order valence-corrected chi connectivity index (χ3v) is 3.08. The molecule has 0 saturated heterocycles. The topological polar surface area (TPSA) is 116 Å². The van der Waals surface area contributed by atoms with Gasteiger partial charge in [-0.05, 0) is 12.6 Å². The van der Waals surface area contributed by atoms with Crippen LogP contribution in [0.1, 0.15) is 5.56 Å². The van der Waals surface area contributed by atoms with Crippen LogP contribution in [0.2, 0.25) is 0 Å². The first-order valence-electron chi connectivity index (χ1n) is 7.52. The first kappa shape index (κ1) is 19.3. The van der Waals surface area contributed by atoms with Gasteiger partial charge in [-0.3, -0.25) is 14.4 Å². The van der Waals surface area contributed by atoms with E-state index in [1.165, 1.54) is 0 Å². The van der Waals surface area contributed by atoms with Gasteiger partial charge in [0.1, 0.15) is 12.3 Å². The van der Waals surface area contributed by atoms with Crippen LogP contribution in [0.4, 0.5) is 0 Å². The zero-order valence-electron chi connectivity index (χ0n) is 13.5. The summed E-state index contributed by atoms with van der Waals surface area (Å²) >= 11 is 0. The molecular weight excluding hydrogens is 312 g/mol. The predicted molar refractivity (Wildman–Crippen MR) is 88.1 cm³/mol. The predicted octanol–water partition coefficient (Wildman–Crippen LogP) is -1.64. The largest absolute Gasteiger partial charge is 0.348 e. The van der Waals surface area contributed by atoms with E-state index in [-0.39, 0.29) is 32.0 Å². The number of benzene rings is 1. The third-order valence-electron chi connectivity index (χ3n) is 3.08. The van der Waals surface area contributed by atoms with Crippen molar-refractivity contribution in [3.8, 4) is 0 Å². The maximum atomic E-state index is 12.1. The summed E-state index contributed by atoms with van der Waals surface area (Å²) in [5.74, 6) is -1.26. The molecule has 0 spiro atoms. The van der Waals surface area contributed by atoms with Crippen LogP contribution in [0.15, 0.2) is 30.3 Å². The van der Waals surface area contributed by atoms with E-state index in [1.54, 1.807) is 7.05 Å². The Bertz CT molecular complexity index is 562. The number of hydrogen-bond donors (Lipinski definition) is 4. The molecule has 1 rings (SSSR count). The Kier molecular flexibility index (Phi) is 8.77. The molecule has 0 fully saturated rings. The van der Waals surface area contributed by atoms with E-state index in [2.05, 4.69) is 21.3 Å². The van der Waals surface area contributed by atoms with Crippen molar-refractivity contribution in [2.75, 3.05) is 26.7 Å². The smallest absolute Gasteiger partial charge is 0.243 e. The van der Waals surface area contributed by atoms with Crippen molar-refractivity contribution in [2.45, 2.75) is 12.5 Å². The number of rotatable bonds is 10. The normalized spacial score (nSPS) is 11.2. The fourth-order valence-corrected chi connectivity index (χ4v) is 1.97. The second-order valence-corrected chi connectivity index (χ2v) is 5.03. The van der Waals surface area contributed by atoms with Crippen LogP contribution < -0.4 is 21.3 Å². The first-order chi connectivity index (χ1) is 11.6. The summed E-state index contributed by atoms with van der Waals surface area (Å²) in [5, 5.41) is 10.1. The van der Waals surface area contributed by atoms with Gasteiger partial charge >= 0.3 is 0 Å². The van der Waals surface area contributed by atoms with Crippen molar-refractivity contribution in [3.05, 3.63) is 35.9 Å². The molecule has 0 unspecified atom stereocenters. The number of likely N-dealkylation sites (N-methyl/N-ethyl adjacent to an activating group) is 1. The SMILES string of the molecule is CNCC(=O)NCC(=O)N[C@@H](Cc1ccccc1)C(=O)NCC=O. The third kappa shape index (κ3) is 7.50. The summed E-state index contributed by atoms with van der Waals surface area (Å²) in [5.41, 5.74) is 0.864. The molecule has 0 radical (unpaired) electrons. The Morgan fingerprint density at radius 3 is 2.38 bits per heavy atom. The second kappa shape index (κ2) is 10.9. The molecule has 4 N–H and O–H groups in total. The van der Waals surface area contributed by atoms with Gasteiger partial charge in [0, 0.05) is 6.42 Å². The van der Waals surface area contributed by atoms with Crippen molar-refractivity contribution in [2.24, 2.45) is 0 Å². The van der Waals surface area contributed by atoms with E-state index in [0.29, 0.717) is 6.29 Å². The quantitative estimate of drug-likeness (QED) is 0.383. The Hall–Kier alpha value is -2.74. The monoisotopic (exact) mass is 334 g/mol. The molecule has 0 aromatic heterocycles. The van der Waals surface area contributed by atoms with Gasteiger partial charge in [0.15, 0.2) is 0 Å². The lowest BCUT2D eigenvalue weighted by atomic mass is 10.1. The number of nitrogens with one attached hydrogen (secondary N) is 4. The molecule has 8 nitrogen and oxygen atoms in total. The van der Waals surface area contributed by atoms with Crippen LogP contribution in [0.25, 0.3) is 0 Å². The number of aldehydes is 1. The van der Waals surface area contributed by atoms with Gasteiger partial charge in [-0.1, -0.05) is 30.3 Å². The van der Waals surface area contributed by atoms with Gasteiger partial charge in [-0.2, -0.15) is 0 Å². The van der Waals surface area contributed by atoms with Crippen molar-refractivity contribution >= 4 is 24.0 Å². The Morgan fingerprint density at radius 2 is 1.75 bits per heavy atom. The van der Waals surface area contributed by atoms with Crippen LogP contribution in [-0.2, 0) is 25.6 Å². The molecule has 0 saturated carbocycles. The molecule has 0 aliphatic heterocycles. The lowest BCUT2D eigenvalue weighted by molar-refractivity contribution is -0.130. The van der Waals surface area contributed by atoms with Gasteiger partial charge in [-0.25, -0.2) is 0 Å². The molecule has 1 aromatic rings. The molecule has 0 heterocycles. The molecule has 24 heavy (non-hydrogen) atoms. The molecule has 8 heteroatoms. The molecule has 0 bridgehead atoms. The fourth-order valence-electron chi connectivity index (χ4n) is 1.97. The van der Waals surface area contributed by atoms with Gasteiger partial charge in [0.25, 0.3) is 0 Å². The highest BCUT2D eigenvalue weighted by Gasteiger charge is 2.21. The lowest BCUT2D eigenvalue weighted by Crippen LogP contribution is -2.51. The lowest BCUT2D eigenvalue weighted by Gasteiger charge is -2.18. The van der Waals surface area contributed by atoms with Crippen LogP contribution in [0.5, 0.6) is 0 Å². The first-order valence-corrected chi connectivity index (χ1v) is 7.52. The summed E-state index contributed by atoms with van der Waals surface area (Å²) < 4.78 is 0. The standard InChI is InChI=1S/C16H22N4O4/c1-17-10-14(22)19-11-15(23)20-13(16(24)18-7-8-21)9-12-5-3-2-4-6-12/h2-6,8,13,17H,7,9-11H2,1H3,(H,18,24)(H,19,22)(H,20,23)/t13-/m0/s1. The van der Waals surface area contributed by atoms with Crippen molar-refractivity contribution in [1.29, 1.82) is 0 Å². The summed E-state index contributed by atoms with van der Waals surface area (Å²) in [6.07, 6.45) is 0.846. The highest BCUT2D eigenvalue weighted by atomic mass is 16.2. The fraction of sp³-hybridized carbons (Fsp3) is 0.375. The van der Waals surface area contributed by atoms with Gasteiger partial charge < -0.3 is 26.1 Å². The summed E-state index contributed by atoms with van der Waals surface area (Å²) in [6, 6.07) is 8.34. The summed E-state index contributed by atoms with van der Waals surface area (Å²) in [7, 11) is 1.62. The van der Waals surface area contributed by atoms with E-state index in [0.717, 1.165) is 5.56 Å². The zero-order valence-corrected chi connectivity index (χ0v) is 13.5. The summed E-state index contributed by atoms with van der Waals surface area (Å²) in [6.45, 7) is -0.258. The van der Waals surface area contributed by atoms with E-state index in [9.17, 15) is 19.2 Å². The maximum absolute atomic E-state index is 12.1. The molecule has 3 amide bonds. The molecule has 0 aliphatic rings. The summed E-state index contributed by atoms with van der Waals surface area (Å²) in [4.78, 5) is 45.8. The minimum Gasteiger partial charge on any atom is -0.348 e. The van der Waals surface area contributed by atoms with Crippen LogP contribution >= 0.6 is 0 Å². The van der Waals surface area contributed by atoms with Gasteiger partial charge in [-0.15, -0.1) is 0 Å².